The van der Waals surface area contributed by atoms with Crippen LogP contribution in [0.2, 0.25) is 0 Å². The smallest absolute Gasteiger partial charge is 0.336 e. The number of aromatic hydroxyl groups is 1. The van der Waals surface area contributed by atoms with Gasteiger partial charge in [0, 0.05) is 43.7 Å². The third-order valence-corrected chi connectivity index (χ3v) is 8.06. The lowest BCUT2D eigenvalue weighted by molar-refractivity contribution is 0.279. The van der Waals surface area contributed by atoms with Crippen LogP contribution in [0.25, 0.3) is 11.0 Å². The van der Waals surface area contributed by atoms with E-state index in [-0.39, 0.29) is 10.6 Å². The molecule has 0 saturated carbocycles. The van der Waals surface area contributed by atoms with Crippen LogP contribution in [0.5, 0.6) is 5.75 Å². The molecule has 1 N–H and O–H groups in total. The number of rotatable bonds is 5. The van der Waals surface area contributed by atoms with Gasteiger partial charge in [0.2, 0.25) is 10.0 Å². The summed E-state index contributed by atoms with van der Waals surface area (Å²) in [5.74, 6) is 0.399. The fourth-order valence-corrected chi connectivity index (χ4v) is 6.04. The van der Waals surface area contributed by atoms with Crippen molar-refractivity contribution < 1.29 is 22.5 Å². The Morgan fingerprint density at radius 3 is 2.56 bits per heavy atom. The normalized spacial score (nSPS) is 16.5. The molecule has 0 bridgehead atoms. The van der Waals surface area contributed by atoms with Crippen LogP contribution in [0.4, 0.5) is 0 Å². The van der Waals surface area contributed by atoms with E-state index in [0.717, 1.165) is 16.5 Å². The number of phenolic OH excluding ortho intramolecular Hbond substituents is 1. The van der Waals surface area contributed by atoms with Crippen LogP contribution >= 0.6 is 0 Å². The maximum Gasteiger partial charge on any atom is 0.336 e. The molecule has 2 aromatic heterocycles. The Kier molecular flexibility index (Phi) is 6.11. The summed E-state index contributed by atoms with van der Waals surface area (Å²) in [6.07, 6.45) is 1.31. The van der Waals surface area contributed by atoms with Crippen LogP contribution in [0.1, 0.15) is 35.9 Å². The quantitative estimate of drug-likeness (QED) is 0.576. The zero-order valence-electron chi connectivity index (χ0n) is 18.4. The molecular formula is C22H27N3O6S. The van der Waals surface area contributed by atoms with Crippen molar-refractivity contribution in [3.63, 3.8) is 0 Å². The molecule has 0 atom stereocenters. The molecule has 3 heterocycles. The van der Waals surface area contributed by atoms with Crippen molar-refractivity contribution in [1.29, 1.82) is 0 Å². The van der Waals surface area contributed by atoms with Gasteiger partial charge in [-0.05, 0) is 50.4 Å². The molecule has 10 heteroatoms. The number of benzene rings is 1. The molecule has 0 spiro atoms. The first kappa shape index (κ1) is 22.5. The summed E-state index contributed by atoms with van der Waals surface area (Å²) in [7, 11) is -3.70. The highest BCUT2D eigenvalue weighted by molar-refractivity contribution is 7.89. The number of nitrogens with zero attached hydrogens (tertiary/aromatic N) is 3. The highest BCUT2D eigenvalue weighted by Crippen LogP contribution is 2.28. The van der Waals surface area contributed by atoms with Crippen molar-refractivity contribution in [2.75, 3.05) is 26.2 Å². The molecule has 0 unspecified atom stereocenters. The predicted molar refractivity (Wildman–Crippen MR) is 118 cm³/mol. The second-order valence-corrected chi connectivity index (χ2v) is 9.98. The Bertz CT molecular complexity index is 1290. The number of aromatic nitrogens is 1. The molecule has 172 valence electrons. The number of aryl methyl sites for hydroxylation is 3. The van der Waals surface area contributed by atoms with Gasteiger partial charge in [0.25, 0.3) is 0 Å². The second-order valence-electron chi connectivity index (χ2n) is 8.11. The summed E-state index contributed by atoms with van der Waals surface area (Å²) < 4.78 is 38.1. The third-order valence-electron chi connectivity index (χ3n) is 5.92. The first-order chi connectivity index (χ1) is 15.2. The highest BCUT2D eigenvalue weighted by Gasteiger charge is 2.32. The lowest BCUT2D eigenvalue weighted by Crippen LogP contribution is -2.35. The van der Waals surface area contributed by atoms with Gasteiger partial charge in [-0.15, -0.1) is 0 Å². The van der Waals surface area contributed by atoms with Crippen LogP contribution in [0.3, 0.4) is 0 Å². The van der Waals surface area contributed by atoms with Gasteiger partial charge in [0.05, 0.1) is 0 Å². The van der Waals surface area contributed by atoms with Gasteiger partial charge < -0.3 is 14.0 Å². The number of hydrogen-bond acceptors (Lipinski definition) is 8. The zero-order valence-corrected chi connectivity index (χ0v) is 19.2. The summed E-state index contributed by atoms with van der Waals surface area (Å²) in [5, 5.41) is 14.7. The maximum atomic E-state index is 13.2. The maximum absolute atomic E-state index is 13.2. The van der Waals surface area contributed by atoms with E-state index in [1.54, 1.807) is 13.8 Å². The van der Waals surface area contributed by atoms with E-state index in [9.17, 15) is 18.3 Å². The van der Waals surface area contributed by atoms with Crippen LogP contribution < -0.4 is 5.63 Å². The van der Waals surface area contributed by atoms with Gasteiger partial charge in [-0.1, -0.05) is 12.1 Å². The molecule has 0 aliphatic carbocycles. The van der Waals surface area contributed by atoms with Crippen molar-refractivity contribution in [3.05, 3.63) is 51.2 Å². The Morgan fingerprint density at radius 1 is 1.09 bits per heavy atom. The highest BCUT2D eigenvalue weighted by atomic mass is 32.2. The number of hydrogen-bond donors (Lipinski definition) is 1. The number of phenols is 1. The van der Waals surface area contributed by atoms with Crippen molar-refractivity contribution in [2.24, 2.45) is 0 Å². The molecule has 1 aliphatic rings. The van der Waals surface area contributed by atoms with E-state index in [0.29, 0.717) is 62.6 Å². The molecule has 1 aliphatic heterocycles. The predicted octanol–water partition coefficient (Wildman–Crippen LogP) is 2.56. The second kappa shape index (κ2) is 8.68. The van der Waals surface area contributed by atoms with Crippen molar-refractivity contribution in [2.45, 2.75) is 45.1 Å². The SMILES string of the molecule is CCc1cc2c(CN3CCCN(S(=O)(=O)c4c(C)noc4C)CC3)cc(=O)oc2cc1O. The van der Waals surface area contributed by atoms with Gasteiger partial charge >= 0.3 is 5.63 Å². The fraction of sp³-hybridized carbons (Fsp3) is 0.455. The Balaban J connectivity index is 1.58. The number of fused-ring (bicyclic) bond motifs is 1. The molecule has 32 heavy (non-hydrogen) atoms. The van der Waals surface area contributed by atoms with Crippen LogP contribution in [-0.4, -0.2) is 54.1 Å². The van der Waals surface area contributed by atoms with Gasteiger partial charge in [-0.3, -0.25) is 4.90 Å². The van der Waals surface area contributed by atoms with E-state index < -0.39 is 15.6 Å². The average molecular weight is 462 g/mol. The van der Waals surface area contributed by atoms with E-state index in [1.165, 1.54) is 16.4 Å². The molecule has 1 aromatic carbocycles. The largest absolute Gasteiger partial charge is 0.508 e. The molecule has 1 fully saturated rings. The van der Waals surface area contributed by atoms with E-state index in [4.69, 9.17) is 8.94 Å². The summed E-state index contributed by atoms with van der Waals surface area (Å²) in [4.78, 5) is 14.4. The average Bonchev–Trinajstić information content (AvgIpc) is 2.93. The zero-order chi connectivity index (χ0) is 23.0. The summed E-state index contributed by atoms with van der Waals surface area (Å²) in [6.45, 7) is 7.59. The minimum Gasteiger partial charge on any atom is -0.508 e. The first-order valence-corrected chi connectivity index (χ1v) is 12.1. The van der Waals surface area contributed by atoms with Gasteiger partial charge in [0.1, 0.15) is 21.9 Å². The van der Waals surface area contributed by atoms with Crippen LogP contribution in [-0.2, 0) is 23.0 Å². The van der Waals surface area contributed by atoms with E-state index in [1.807, 2.05) is 13.0 Å². The number of sulfonamides is 1. The minimum absolute atomic E-state index is 0.107. The van der Waals surface area contributed by atoms with Crippen molar-refractivity contribution >= 4 is 21.0 Å². The Labute approximate surface area is 186 Å². The Morgan fingerprint density at radius 2 is 1.88 bits per heavy atom. The summed E-state index contributed by atoms with van der Waals surface area (Å²) in [5.41, 5.74) is 1.81. The Hall–Kier alpha value is -2.69. The van der Waals surface area contributed by atoms with Gasteiger partial charge in [0.15, 0.2) is 5.76 Å². The molecule has 1 saturated heterocycles. The molecule has 0 radical (unpaired) electrons. The molecule has 3 aromatic rings. The van der Waals surface area contributed by atoms with Gasteiger partial charge in [-0.25, -0.2) is 13.2 Å². The van der Waals surface area contributed by atoms with Gasteiger partial charge in [-0.2, -0.15) is 4.31 Å². The van der Waals surface area contributed by atoms with Crippen molar-refractivity contribution in [3.8, 4) is 5.75 Å². The van der Waals surface area contributed by atoms with Crippen LogP contribution in [0.15, 0.2) is 36.8 Å². The lowest BCUT2D eigenvalue weighted by Gasteiger charge is -2.22. The van der Waals surface area contributed by atoms with E-state index in [2.05, 4.69) is 10.1 Å². The molecular weight excluding hydrogens is 434 g/mol. The molecule has 4 rings (SSSR count). The third kappa shape index (κ3) is 4.17. The minimum atomic E-state index is -3.70. The summed E-state index contributed by atoms with van der Waals surface area (Å²) in [6, 6.07) is 4.82. The lowest BCUT2D eigenvalue weighted by atomic mass is 10.0. The molecule has 0 amide bonds. The van der Waals surface area contributed by atoms with Crippen LogP contribution in [0, 0.1) is 13.8 Å². The summed E-state index contributed by atoms with van der Waals surface area (Å²) >= 11 is 0. The topological polar surface area (TPSA) is 117 Å². The molecule has 9 nitrogen and oxygen atoms in total. The first-order valence-electron chi connectivity index (χ1n) is 10.6. The fourth-order valence-electron chi connectivity index (χ4n) is 4.28. The van der Waals surface area contributed by atoms with E-state index >= 15 is 0 Å². The standard InChI is InChI=1S/C22H27N3O6S/c1-4-16-10-18-17(11-21(27)30-20(18)12-19(16)26)13-24-6-5-7-25(9-8-24)32(28,29)22-14(2)23-31-15(22)3/h10-12,26H,4-9,13H2,1-3H3. The van der Waals surface area contributed by atoms with Crippen molar-refractivity contribution in [1.82, 2.24) is 14.4 Å². The monoisotopic (exact) mass is 461 g/mol.